The van der Waals surface area contributed by atoms with Crippen LogP contribution in [0.5, 0.6) is 5.75 Å². The third-order valence-electron chi connectivity index (χ3n) is 2.06. The maximum Gasteiger partial charge on any atom is 0.251 e. The van der Waals surface area contributed by atoms with Crippen LogP contribution in [0, 0.1) is 0 Å². The zero-order valence-electron chi connectivity index (χ0n) is 9.19. The van der Waals surface area contributed by atoms with Gasteiger partial charge in [-0.3, -0.25) is 4.79 Å². The van der Waals surface area contributed by atoms with Gasteiger partial charge in [-0.25, -0.2) is 0 Å². The normalized spacial score (nSPS) is 9.88. The van der Waals surface area contributed by atoms with Gasteiger partial charge in [-0.05, 0) is 18.2 Å². The first-order valence-electron chi connectivity index (χ1n) is 5.04. The number of carbonyl (C=O) groups excluding carboxylic acids is 1. The van der Waals surface area contributed by atoms with Crippen molar-refractivity contribution in [1.82, 2.24) is 5.32 Å². The Morgan fingerprint density at radius 1 is 1.56 bits per heavy atom. The SMILES string of the molecule is CNC(=O)c1ccc(N)c(OCCCO)c1. The Morgan fingerprint density at radius 3 is 2.94 bits per heavy atom. The van der Waals surface area contributed by atoms with Crippen molar-refractivity contribution in [1.29, 1.82) is 0 Å². The van der Waals surface area contributed by atoms with Crippen molar-refractivity contribution in [3.8, 4) is 5.75 Å². The van der Waals surface area contributed by atoms with Gasteiger partial charge in [0.2, 0.25) is 0 Å². The molecule has 0 bridgehead atoms. The molecule has 0 radical (unpaired) electrons. The first-order chi connectivity index (χ1) is 7.69. The van der Waals surface area contributed by atoms with Crippen molar-refractivity contribution in [2.45, 2.75) is 6.42 Å². The topological polar surface area (TPSA) is 84.6 Å². The van der Waals surface area contributed by atoms with E-state index >= 15 is 0 Å². The average Bonchev–Trinajstić information content (AvgIpc) is 2.31. The van der Waals surface area contributed by atoms with Crippen molar-refractivity contribution in [2.75, 3.05) is 26.0 Å². The number of nitrogens with one attached hydrogen (secondary N) is 1. The summed E-state index contributed by atoms with van der Waals surface area (Å²) in [6.07, 6.45) is 0.531. The molecule has 0 unspecified atom stereocenters. The molecule has 0 saturated heterocycles. The minimum absolute atomic E-state index is 0.0645. The summed E-state index contributed by atoms with van der Waals surface area (Å²) < 4.78 is 5.35. The lowest BCUT2D eigenvalue weighted by Crippen LogP contribution is -2.18. The molecule has 1 rings (SSSR count). The number of amides is 1. The molecule has 5 nitrogen and oxygen atoms in total. The molecule has 0 heterocycles. The van der Waals surface area contributed by atoms with Gasteiger partial charge in [0.15, 0.2) is 0 Å². The van der Waals surface area contributed by atoms with E-state index in [2.05, 4.69) is 5.32 Å². The first kappa shape index (κ1) is 12.3. The molecule has 1 aromatic carbocycles. The molecule has 5 heteroatoms. The van der Waals surface area contributed by atoms with Crippen LogP contribution in [0.25, 0.3) is 0 Å². The highest BCUT2D eigenvalue weighted by Crippen LogP contribution is 2.22. The minimum Gasteiger partial charge on any atom is -0.491 e. The lowest BCUT2D eigenvalue weighted by Gasteiger charge is -2.09. The first-order valence-corrected chi connectivity index (χ1v) is 5.04. The number of anilines is 1. The van der Waals surface area contributed by atoms with Crippen LogP contribution in [0.3, 0.4) is 0 Å². The molecule has 0 aliphatic carbocycles. The van der Waals surface area contributed by atoms with Crippen LogP contribution in [0.2, 0.25) is 0 Å². The number of nitrogen functional groups attached to an aromatic ring is 1. The second-order valence-corrected chi connectivity index (χ2v) is 3.26. The summed E-state index contributed by atoms with van der Waals surface area (Å²) in [5.74, 6) is 0.279. The Balaban J connectivity index is 2.78. The second-order valence-electron chi connectivity index (χ2n) is 3.26. The number of hydrogen-bond donors (Lipinski definition) is 3. The summed E-state index contributed by atoms with van der Waals surface area (Å²) in [5.41, 5.74) is 6.67. The molecule has 88 valence electrons. The maximum absolute atomic E-state index is 11.4. The van der Waals surface area contributed by atoms with E-state index in [4.69, 9.17) is 15.6 Å². The number of aliphatic hydroxyl groups excluding tert-OH is 1. The molecule has 4 N–H and O–H groups in total. The Labute approximate surface area is 94.2 Å². The molecule has 1 aromatic rings. The molecule has 0 atom stereocenters. The molecule has 0 aliphatic rings. The maximum atomic E-state index is 11.4. The molecule has 0 aliphatic heterocycles. The van der Waals surface area contributed by atoms with E-state index in [0.29, 0.717) is 30.0 Å². The van der Waals surface area contributed by atoms with E-state index in [0.717, 1.165) is 0 Å². The van der Waals surface area contributed by atoms with E-state index in [1.807, 2.05) is 0 Å². The van der Waals surface area contributed by atoms with Gasteiger partial charge >= 0.3 is 0 Å². The third-order valence-corrected chi connectivity index (χ3v) is 2.06. The average molecular weight is 224 g/mol. The highest BCUT2D eigenvalue weighted by atomic mass is 16.5. The number of hydrogen-bond acceptors (Lipinski definition) is 4. The molecule has 16 heavy (non-hydrogen) atoms. The molecule has 0 saturated carbocycles. The molecule has 0 aromatic heterocycles. The number of ether oxygens (including phenoxy) is 1. The summed E-state index contributed by atoms with van der Waals surface area (Å²) in [6, 6.07) is 4.84. The van der Waals surface area contributed by atoms with Crippen LogP contribution in [0.4, 0.5) is 5.69 Å². The lowest BCUT2D eigenvalue weighted by molar-refractivity contribution is 0.0962. The van der Waals surface area contributed by atoms with Crippen LogP contribution in [0.1, 0.15) is 16.8 Å². The standard InChI is InChI=1S/C11H16N2O3/c1-13-11(15)8-3-4-9(12)10(7-8)16-6-2-5-14/h3-4,7,14H,2,5-6,12H2,1H3,(H,13,15). The van der Waals surface area contributed by atoms with Gasteiger partial charge in [-0.2, -0.15) is 0 Å². The Morgan fingerprint density at radius 2 is 2.31 bits per heavy atom. The zero-order valence-corrected chi connectivity index (χ0v) is 9.19. The lowest BCUT2D eigenvalue weighted by atomic mass is 10.2. The molecular weight excluding hydrogens is 208 g/mol. The predicted molar refractivity (Wildman–Crippen MR) is 61.4 cm³/mol. The molecular formula is C11H16N2O3. The summed E-state index contributed by atoms with van der Waals surface area (Å²) in [6.45, 7) is 0.437. The molecule has 0 spiro atoms. The van der Waals surface area contributed by atoms with E-state index in [1.165, 1.54) is 0 Å². The van der Waals surface area contributed by atoms with Crippen molar-refractivity contribution < 1.29 is 14.6 Å². The summed E-state index contributed by atoms with van der Waals surface area (Å²) in [5, 5.41) is 11.1. The Kier molecular flexibility index (Phi) is 4.60. The summed E-state index contributed by atoms with van der Waals surface area (Å²) in [4.78, 5) is 11.4. The van der Waals surface area contributed by atoms with Crippen molar-refractivity contribution >= 4 is 11.6 Å². The quantitative estimate of drug-likeness (QED) is 0.499. The van der Waals surface area contributed by atoms with Gasteiger partial charge in [-0.1, -0.05) is 0 Å². The summed E-state index contributed by atoms with van der Waals surface area (Å²) in [7, 11) is 1.56. The predicted octanol–water partition coefficient (Wildman–Crippen LogP) is 0.390. The number of aliphatic hydroxyl groups is 1. The van der Waals surface area contributed by atoms with E-state index in [-0.39, 0.29) is 12.5 Å². The van der Waals surface area contributed by atoms with E-state index < -0.39 is 0 Å². The van der Waals surface area contributed by atoms with Gasteiger partial charge in [0.05, 0.1) is 12.3 Å². The highest BCUT2D eigenvalue weighted by Gasteiger charge is 2.07. The van der Waals surface area contributed by atoms with Crippen LogP contribution < -0.4 is 15.8 Å². The van der Waals surface area contributed by atoms with Gasteiger partial charge in [0.1, 0.15) is 5.75 Å². The third kappa shape index (κ3) is 3.13. The smallest absolute Gasteiger partial charge is 0.251 e. The van der Waals surface area contributed by atoms with E-state index in [9.17, 15) is 4.79 Å². The van der Waals surface area contributed by atoms with Crippen LogP contribution >= 0.6 is 0 Å². The minimum atomic E-state index is -0.188. The van der Waals surface area contributed by atoms with Gasteiger partial charge in [-0.15, -0.1) is 0 Å². The molecule has 0 fully saturated rings. The van der Waals surface area contributed by atoms with Crippen LogP contribution in [-0.4, -0.2) is 31.3 Å². The van der Waals surface area contributed by atoms with Gasteiger partial charge in [0, 0.05) is 25.6 Å². The number of carbonyl (C=O) groups is 1. The van der Waals surface area contributed by atoms with Crippen molar-refractivity contribution in [2.24, 2.45) is 0 Å². The monoisotopic (exact) mass is 224 g/mol. The number of benzene rings is 1. The zero-order chi connectivity index (χ0) is 12.0. The van der Waals surface area contributed by atoms with Crippen LogP contribution in [0.15, 0.2) is 18.2 Å². The largest absolute Gasteiger partial charge is 0.491 e. The fourth-order valence-electron chi connectivity index (χ4n) is 1.19. The second kappa shape index (κ2) is 5.97. The van der Waals surface area contributed by atoms with Crippen LogP contribution in [-0.2, 0) is 0 Å². The molecule has 1 amide bonds. The fraction of sp³-hybridized carbons (Fsp3) is 0.364. The van der Waals surface area contributed by atoms with Gasteiger partial charge < -0.3 is 20.9 Å². The van der Waals surface area contributed by atoms with E-state index in [1.54, 1.807) is 25.2 Å². The number of nitrogens with two attached hydrogens (primary N) is 1. The highest BCUT2D eigenvalue weighted by molar-refractivity contribution is 5.95. The number of rotatable bonds is 5. The van der Waals surface area contributed by atoms with Gasteiger partial charge in [0.25, 0.3) is 5.91 Å². The van der Waals surface area contributed by atoms with Crippen molar-refractivity contribution in [3.05, 3.63) is 23.8 Å². The Hall–Kier alpha value is -1.75. The summed E-state index contributed by atoms with van der Waals surface area (Å²) >= 11 is 0. The Bertz CT molecular complexity index is 366. The van der Waals surface area contributed by atoms with Crippen molar-refractivity contribution in [3.63, 3.8) is 0 Å². The fourth-order valence-corrected chi connectivity index (χ4v) is 1.19.